The zero-order chi connectivity index (χ0) is 13.2. The van der Waals surface area contributed by atoms with E-state index in [9.17, 15) is 15.3 Å². The maximum absolute atomic E-state index is 9.91. The monoisotopic (exact) mass is 249 g/mol. The van der Waals surface area contributed by atoms with Crippen LogP contribution >= 0.6 is 0 Å². The number of hydrogen-bond acceptors (Lipinski definition) is 6. The summed E-state index contributed by atoms with van der Waals surface area (Å²) in [6.07, 6.45) is -4.79. The van der Waals surface area contributed by atoms with Crippen LogP contribution in [0.2, 0.25) is 0 Å². The quantitative estimate of drug-likeness (QED) is 0.520. The first kappa shape index (κ1) is 14.8. The van der Waals surface area contributed by atoms with Crippen molar-refractivity contribution < 1.29 is 24.8 Å². The molecule has 1 rings (SSSR count). The molecule has 0 bridgehead atoms. The Morgan fingerprint density at radius 1 is 1.06 bits per heavy atom. The molecule has 0 aromatic rings. The molecule has 1 aliphatic rings. The van der Waals surface area contributed by atoms with Crippen LogP contribution in [0.1, 0.15) is 27.7 Å². The van der Waals surface area contributed by atoms with Crippen LogP contribution < -0.4 is 5.32 Å². The Morgan fingerprint density at radius 3 is 2.12 bits per heavy atom. The minimum absolute atomic E-state index is 0.0963. The van der Waals surface area contributed by atoms with Crippen molar-refractivity contribution in [3.8, 4) is 0 Å². The number of ether oxygens (including phenoxy) is 2. The van der Waals surface area contributed by atoms with Gasteiger partial charge in [0, 0.05) is 6.04 Å². The molecule has 1 saturated heterocycles. The lowest BCUT2D eigenvalue weighted by molar-refractivity contribution is -0.323. The normalized spacial score (nSPS) is 39.0. The van der Waals surface area contributed by atoms with E-state index in [4.69, 9.17) is 9.47 Å². The summed E-state index contributed by atoms with van der Waals surface area (Å²) in [5, 5.41) is 32.0. The minimum atomic E-state index is -1.43. The van der Waals surface area contributed by atoms with Crippen LogP contribution in [0.15, 0.2) is 0 Å². The lowest BCUT2D eigenvalue weighted by Gasteiger charge is -2.42. The molecule has 0 spiro atoms. The molecule has 5 atom stereocenters. The molecular formula is C11H23NO5. The predicted molar refractivity (Wildman–Crippen MR) is 61.2 cm³/mol. The average Bonchev–Trinajstić information content (AvgIpc) is 2.20. The Balaban J connectivity index is 2.75. The molecule has 17 heavy (non-hydrogen) atoms. The Hall–Kier alpha value is -0.240. The highest BCUT2D eigenvalue weighted by Gasteiger charge is 2.44. The van der Waals surface area contributed by atoms with Crippen LogP contribution in [0.5, 0.6) is 0 Å². The fraction of sp³-hybridized carbons (Fsp3) is 1.00. The van der Waals surface area contributed by atoms with Crippen molar-refractivity contribution in [2.75, 3.05) is 0 Å². The summed E-state index contributed by atoms with van der Waals surface area (Å²) in [7, 11) is 0. The summed E-state index contributed by atoms with van der Waals surface area (Å²) >= 11 is 0. The number of aliphatic hydroxyl groups is 3. The van der Waals surface area contributed by atoms with Crippen LogP contribution in [-0.4, -0.2) is 58.3 Å². The third-order valence-corrected chi connectivity index (χ3v) is 2.51. The topological polar surface area (TPSA) is 91.2 Å². The van der Waals surface area contributed by atoms with Crippen molar-refractivity contribution in [1.82, 2.24) is 5.32 Å². The first-order valence-corrected chi connectivity index (χ1v) is 5.94. The summed E-state index contributed by atoms with van der Waals surface area (Å²) in [6, 6.07) is -0.477. The first-order valence-electron chi connectivity index (χ1n) is 5.94. The SMILES string of the molecule is CC(C)N[C@H]1[C@H](OC(C)C)O[C@H](O)[C@H](O)[C@@H]1O. The predicted octanol–water partition coefficient (Wildman–Crippen LogP) is -0.826. The Morgan fingerprint density at radius 2 is 1.65 bits per heavy atom. The minimum Gasteiger partial charge on any atom is -0.388 e. The smallest absolute Gasteiger partial charge is 0.186 e. The summed E-state index contributed by atoms with van der Waals surface area (Å²) < 4.78 is 10.6. The highest BCUT2D eigenvalue weighted by atomic mass is 16.7. The third kappa shape index (κ3) is 3.87. The Bertz CT molecular complexity index is 236. The van der Waals surface area contributed by atoms with Crippen molar-refractivity contribution in [2.45, 2.75) is 70.7 Å². The maximum Gasteiger partial charge on any atom is 0.186 e. The van der Waals surface area contributed by atoms with Gasteiger partial charge >= 0.3 is 0 Å². The van der Waals surface area contributed by atoms with Crippen LogP contribution in [0.25, 0.3) is 0 Å². The number of hydrogen-bond donors (Lipinski definition) is 4. The maximum atomic E-state index is 9.91. The van der Waals surface area contributed by atoms with Crippen molar-refractivity contribution in [3.05, 3.63) is 0 Å². The van der Waals surface area contributed by atoms with Gasteiger partial charge in [-0.25, -0.2) is 0 Å². The second kappa shape index (κ2) is 6.08. The second-order valence-electron chi connectivity index (χ2n) is 4.91. The zero-order valence-electron chi connectivity index (χ0n) is 10.7. The van der Waals surface area contributed by atoms with Gasteiger partial charge in [0.1, 0.15) is 12.2 Å². The Kier molecular flexibility index (Phi) is 5.30. The second-order valence-corrected chi connectivity index (χ2v) is 4.91. The summed E-state index contributed by atoms with van der Waals surface area (Å²) in [4.78, 5) is 0. The molecule has 1 fully saturated rings. The van der Waals surface area contributed by atoms with Gasteiger partial charge < -0.3 is 30.1 Å². The number of rotatable bonds is 4. The molecule has 0 amide bonds. The molecule has 0 radical (unpaired) electrons. The van der Waals surface area contributed by atoms with Gasteiger partial charge in [-0.05, 0) is 13.8 Å². The van der Waals surface area contributed by atoms with Crippen molar-refractivity contribution >= 4 is 0 Å². The molecule has 6 heteroatoms. The van der Waals surface area contributed by atoms with E-state index in [2.05, 4.69) is 5.32 Å². The van der Waals surface area contributed by atoms with Crippen molar-refractivity contribution in [1.29, 1.82) is 0 Å². The molecule has 1 aliphatic heterocycles. The van der Waals surface area contributed by atoms with Crippen LogP contribution in [0.4, 0.5) is 0 Å². The largest absolute Gasteiger partial charge is 0.388 e. The number of aliphatic hydroxyl groups excluding tert-OH is 3. The standard InChI is InChI=1S/C11H23NO5/c1-5(2)12-7-8(13)9(14)10(15)17-11(7)16-6(3)4/h5-15H,1-4H3/t7-,8-,9-,10+,11-/m1/s1. The molecule has 0 aromatic heterocycles. The zero-order valence-corrected chi connectivity index (χ0v) is 10.7. The van der Waals surface area contributed by atoms with E-state index in [0.29, 0.717) is 0 Å². The van der Waals surface area contributed by atoms with Crippen molar-refractivity contribution in [3.63, 3.8) is 0 Å². The molecule has 0 saturated carbocycles. The van der Waals surface area contributed by atoms with Gasteiger partial charge in [0.25, 0.3) is 0 Å². The molecule has 102 valence electrons. The van der Waals surface area contributed by atoms with Crippen LogP contribution in [0, 0.1) is 0 Å². The van der Waals surface area contributed by atoms with E-state index in [0.717, 1.165) is 0 Å². The molecule has 0 unspecified atom stereocenters. The fourth-order valence-electron chi connectivity index (χ4n) is 1.79. The van der Waals surface area contributed by atoms with Gasteiger partial charge in [0.15, 0.2) is 12.6 Å². The molecular weight excluding hydrogens is 226 g/mol. The molecule has 0 aliphatic carbocycles. The van der Waals surface area contributed by atoms with E-state index in [1.807, 2.05) is 27.7 Å². The van der Waals surface area contributed by atoms with Crippen molar-refractivity contribution in [2.24, 2.45) is 0 Å². The van der Waals surface area contributed by atoms with Crippen LogP contribution in [-0.2, 0) is 9.47 Å². The van der Waals surface area contributed by atoms with Gasteiger partial charge in [0.05, 0.1) is 12.1 Å². The molecule has 1 heterocycles. The van der Waals surface area contributed by atoms with E-state index in [1.54, 1.807) is 0 Å². The van der Waals surface area contributed by atoms with Gasteiger partial charge in [-0.15, -0.1) is 0 Å². The lowest BCUT2D eigenvalue weighted by Crippen LogP contribution is -2.64. The average molecular weight is 249 g/mol. The first-order chi connectivity index (χ1) is 7.82. The van der Waals surface area contributed by atoms with Crippen LogP contribution in [0.3, 0.4) is 0 Å². The van der Waals surface area contributed by atoms with Gasteiger partial charge in [0.2, 0.25) is 0 Å². The van der Waals surface area contributed by atoms with E-state index >= 15 is 0 Å². The number of nitrogens with one attached hydrogen (secondary N) is 1. The van der Waals surface area contributed by atoms with Gasteiger partial charge in [-0.2, -0.15) is 0 Å². The summed E-state index contributed by atoms with van der Waals surface area (Å²) in [5.41, 5.74) is 0. The van der Waals surface area contributed by atoms with E-state index in [-0.39, 0.29) is 12.1 Å². The third-order valence-electron chi connectivity index (χ3n) is 2.51. The van der Waals surface area contributed by atoms with E-state index in [1.165, 1.54) is 0 Å². The Labute approximate surface area is 102 Å². The highest BCUT2D eigenvalue weighted by molar-refractivity contribution is 4.91. The molecule has 6 nitrogen and oxygen atoms in total. The van der Waals surface area contributed by atoms with E-state index < -0.39 is 30.8 Å². The fourth-order valence-corrected chi connectivity index (χ4v) is 1.79. The molecule has 4 N–H and O–H groups in total. The lowest BCUT2D eigenvalue weighted by atomic mass is 10.0. The summed E-state index contributed by atoms with van der Waals surface area (Å²) in [5.74, 6) is 0. The highest BCUT2D eigenvalue weighted by Crippen LogP contribution is 2.22. The summed E-state index contributed by atoms with van der Waals surface area (Å²) in [6.45, 7) is 7.49. The molecule has 0 aromatic carbocycles. The van der Waals surface area contributed by atoms with Gasteiger partial charge in [-0.3, -0.25) is 0 Å². The van der Waals surface area contributed by atoms with Gasteiger partial charge in [-0.1, -0.05) is 13.8 Å².